The van der Waals surface area contributed by atoms with Crippen LogP contribution in [0.15, 0.2) is 36.4 Å². The lowest BCUT2D eigenvalue weighted by Gasteiger charge is -2.44. The Kier molecular flexibility index (Phi) is 2.26. The van der Waals surface area contributed by atoms with Gasteiger partial charge in [-0.3, -0.25) is 4.79 Å². The van der Waals surface area contributed by atoms with Gasteiger partial charge in [-0.1, -0.05) is 24.3 Å². The zero-order chi connectivity index (χ0) is 15.7. The van der Waals surface area contributed by atoms with Gasteiger partial charge in [0.1, 0.15) is 0 Å². The molecule has 6 nitrogen and oxygen atoms in total. The van der Waals surface area contributed by atoms with Gasteiger partial charge in [0.2, 0.25) is 11.5 Å². The van der Waals surface area contributed by atoms with Gasteiger partial charge >= 0.3 is 0 Å². The number of hydrogen-bond donors (Lipinski definition) is 5. The Morgan fingerprint density at radius 3 is 2.45 bits per heavy atom. The van der Waals surface area contributed by atoms with Crippen molar-refractivity contribution in [2.75, 3.05) is 16.4 Å². The van der Waals surface area contributed by atoms with Crippen molar-refractivity contribution in [2.45, 2.75) is 18.4 Å². The van der Waals surface area contributed by atoms with E-state index in [0.29, 0.717) is 22.6 Å². The quantitative estimate of drug-likeness (QED) is 0.467. The molecule has 2 aromatic rings. The molecule has 4 rings (SSSR count). The fourth-order valence-electron chi connectivity index (χ4n) is 3.18. The molecule has 0 aromatic heterocycles. The summed E-state index contributed by atoms with van der Waals surface area (Å²) in [4.78, 5) is 12.6. The monoisotopic (exact) mass is 297 g/mol. The van der Waals surface area contributed by atoms with Crippen molar-refractivity contribution in [3.63, 3.8) is 0 Å². The number of fused-ring (bicyclic) bond motifs is 4. The fraction of sp³-hybridized carbons (Fsp3) is 0.188. The van der Waals surface area contributed by atoms with Crippen LogP contribution in [0.1, 0.15) is 21.5 Å². The largest absolute Gasteiger partial charge is 0.398 e. The Morgan fingerprint density at radius 2 is 1.68 bits per heavy atom. The third-order valence-electron chi connectivity index (χ3n) is 4.45. The summed E-state index contributed by atoms with van der Waals surface area (Å²) in [5, 5.41) is 27.5. The zero-order valence-electron chi connectivity index (χ0n) is 11.8. The smallest absolute Gasteiger partial charge is 0.254 e. The molecule has 2 atom stereocenters. The minimum Gasteiger partial charge on any atom is -0.398 e. The maximum absolute atomic E-state index is 12.6. The maximum atomic E-state index is 12.6. The Hall–Kier alpha value is -2.57. The molecular weight excluding hydrogens is 282 g/mol. The van der Waals surface area contributed by atoms with E-state index >= 15 is 0 Å². The summed E-state index contributed by atoms with van der Waals surface area (Å²) in [6.45, 7) is 1.83. The zero-order valence-corrected chi connectivity index (χ0v) is 11.8. The fourth-order valence-corrected chi connectivity index (χ4v) is 3.18. The number of benzene rings is 2. The molecule has 112 valence electrons. The first-order chi connectivity index (χ1) is 10.4. The van der Waals surface area contributed by atoms with E-state index in [2.05, 4.69) is 10.6 Å². The number of carbonyl (C=O) groups is 1. The van der Waals surface area contributed by atoms with Crippen LogP contribution in [0.3, 0.4) is 0 Å². The second kappa shape index (κ2) is 3.79. The van der Waals surface area contributed by atoms with Crippen LogP contribution in [-0.2, 0) is 5.72 Å². The molecule has 0 amide bonds. The van der Waals surface area contributed by atoms with E-state index < -0.39 is 17.2 Å². The molecule has 0 fully saturated rings. The van der Waals surface area contributed by atoms with Gasteiger partial charge in [0.05, 0.1) is 11.4 Å². The number of nitrogens with one attached hydrogen (secondary N) is 2. The molecule has 0 unspecified atom stereocenters. The van der Waals surface area contributed by atoms with Gasteiger partial charge in [0, 0.05) is 16.8 Å². The number of aliphatic hydroxyl groups is 2. The Balaban J connectivity index is 1.97. The standard InChI is InChI=1S/C16H15N3O3/c1-8-6-12-13(7-11(8)17)18-15(21)10-5-3-2-4-9(10)14(20)16(15,22)19-12/h2-7,18-19,21-22H,17H2,1H3/t15-,16+/m1/s1. The molecule has 0 saturated carbocycles. The number of nitrogens with two attached hydrogens (primary N) is 1. The SMILES string of the molecule is Cc1cc2c(cc1N)N[C@@]1(O)c3ccccc3C(=O)[C@@]1(O)N2. The Morgan fingerprint density at radius 1 is 1.05 bits per heavy atom. The van der Waals surface area contributed by atoms with E-state index in [-0.39, 0.29) is 5.56 Å². The van der Waals surface area contributed by atoms with Crippen LogP contribution in [0, 0.1) is 6.92 Å². The minimum atomic E-state index is -2.16. The molecule has 0 radical (unpaired) electrons. The predicted octanol–water partition coefficient (Wildman–Crippen LogP) is 1.14. The number of anilines is 3. The minimum absolute atomic E-state index is 0.282. The maximum Gasteiger partial charge on any atom is 0.254 e. The summed E-state index contributed by atoms with van der Waals surface area (Å²) in [6, 6.07) is 9.99. The number of hydrogen-bond acceptors (Lipinski definition) is 6. The van der Waals surface area contributed by atoms with Gasteiger partial charge in [0.25, 0.3) is 5.72 Å². The lowest BCUT2D eigenvalue weighted by atomic mass is 9.94. The van der Waals surface area contributed by atoms with Crippen molar-refractivity contribution in [3.05, 3.63) is 53.1 Å². The van der Waals surface area contributed by atoms with E-state index in [1.165, 1.54) is 0 Å². The average Bonchev–Trinajstić information content (AvgIpc) is 2.65. The molecule has 0 bridgehead atoms. The van der Waals surface area contributed by atoms with Crippen molar-refractivity contribution in [1.82, 2.24) is 0 Å². The average molecular weight is 297 g/mol. The number of carbonyl (C=O) groups excluding carboxylic acids is 1. The number of nitrogen functional groups attached to an aromatic ring is 1. The van der Waals surface area contributed by atoms with Crippen LogP contribution >= 0.6 is 0 Å². The van der Waals surface area contributed by atoms with Gasteiger partial charge in [-0.15, -0.1) is 0 Å². The van der Waals surface area contributed by atoms with Crippen LogP contribution < -0.4 is 16.4 Å². The van der Waals surface area contributed by atoms with Gasteiger partial charge in [-0.2, -0.15) is 0 Å². The molecule has 0 spiro atoms. The molecule has 2 aliphatic rings. The van der Waals surface area contributed by atoms with Crippen LogP contribution in [0.5, 0.6) is 0 Å². The van der Waals surface area contributed by atoms with Crippen molar-refractivity contribution in [1.29, 1.82) is 0 Å². The first-order valence-corrected chi connectivity index (χ1v) is 6.92. The lowest BCUT2D eigenvalue weighted by Crippen LogP contribution is -2.63. The highest BCUT2D eigenvalue weighted by atomic mass is 16.4. The molecule has 1 aliphatic carbocycles. The summed E-state index contributed by atoms with van der Waals surface area (Å²) in [5.74, 6) is -0.571. The molecule has 1 aliphatic heterocycles. The van der Waals surface area contributed by atoms with E-state index in [4.69, 9.17) is 5.73 Å². The third kappa shape index (κ3) is 1.33. The summed E-state index contributed by atoms with van der Waals surface area (Å²) in [6.07, 6.45) is 0. The molecular formula is C16H15N3O3. The van der Waals surface area contributed by atoms with Crippen molar-refractivity contribution in [2.24, 2.45) is 0 Å². The van der Waals surface area contributed by atoms with Crippen LogP contribution in [0.2, 0.25) is 0 Å². The van der Waals surface area contributed by atoms with Gasteiger partial charge in [0.15, 0.2) is 0 Å². The van der Waals surface area contributed by atoms with Gasteiger partial charge in [-0.25, -0.2) is 0 Å². The molecule has 22 heavy (non-hydrogen) atoms. The van der Waals surface area contributed by atoms with Crippen molar-refractivity contribution < 1.29 is 15.0 Å². The highest BCUT2D eigenvalue weighted by Crippen LogP contribution is 2.50. The highest BCUT2D eigenvalue weighted by molar-refractivity contribution is 6.11. The van der Waals surface area contributed by atoms with Crippen molar-refractivity contribution >= 4 is 22.8 Å². The van der Waals surface area contributed by atoms with Gasteiger partial charge < -0.3 is 26.6 Å². The van der Waals surface area contributed by atoms with Crippen molar-refractivity contribution in [3.8, 4) is 0 Å². The molecule has 2 aromatic carbocycles. The Labute approximate surface area is 126 Å². The molecule has 6 heteroatoms. The predicted molar refractivity (Wildman–Crippen MR) is 82.5 cm³/mol. The lowest BCUT2D eigenvalue weighted by molar-refractivity contribution is -0.0913. The molecule has 0 saturated heterocycles. The summed E-state index contributed by atoms with van der Waals surface area (Å²) >= 11 is 0. The number of Topliss-reactive ketones (excluding diaryl/α,β-unsaturated/α-hetero) is 1. The van der Waals surface area contributed by atoms with Crippen LogP contribution in [0.25, 0.3) is 0 Å². The van der Waals surface area contributed by atoms with Gasteiger partial charge in [-0.05, 0) is 24.6 Å². The number of ketones is 1. The number of aryl methyl sites for hydroxylation is 1. The first-order valence-electron chi connectivity index (χ1n) is 6.92. The highest BCUT2D eigenvalue weighted by Gasteiger charge is 2.65. The van der Waals surface area contributed by atoms with Crippen LogP contribution in [0.4, 0.5) is 17.1 Å². The summed E-state index contributed by atoms with van der Waals surface area (Å²) < 4.78 is 0. The normalized spacial score (nSPS) is 28.2. The van der Waals surface area contributed by atoms with E-state index in [0.717, 1.165) is 5.56 Å². The topological polar surface area (TPSA) is 108 Å². The molecule has 1 heterocycles. The first kappa shape index (κ1) is 13.1. The summed E-state index contributed by atoms with van der Waals surface area (Å²) in [5.41, 5.74) is 4.81. The van der Waals surface area contributed by atoms with E-state index in [1.807, 2.05) is 6.92 Å². The Bertz CT molecular complexity index is 835. The second-order valence-electron chi connectivity index (χ2n) is 5.80. The number of rotatable bonds is 0. The van der Waals surface area contributed by atoms with E-state index in [9.17, 15) is 15.0 Å². The third-order valence-corrected chi connectivity index (χ3v) is 4.45. The van der Waals surface area contributed by atoms with E-state index in [1.54, 1.807) is 36.4 Å². The van der Waals surface area contributed by atoms with Crippen LogP contribution in [-0.4, -0.2) is 21.7 Å². The molecule has 6 N–H and O–H groups in total. The summed E-state index contributed by atoms with van der Waals surface area (Å²) in [7, 11) is 0. The second-order valence-corrected chi connectivity index (χ2v) is 5.80.